The predicted octanol–water partition coefficient (Wildman–Crippen LogP) is 3.22. The summed E-state index contributed by atoms with van der Waals surface area (Å²) in [5.74, 6) is -0.207. The molecule has 0 spiro atoms. The Hall–Kier alpha value is -2.47. The van der Waals surface area contributed by atoms with Crippen LogP contribution in [0.3, 0.4) is 0 Å². The Balaban J connectivity index is 2.87. The van der Waals surface area contributed by atoms with Crippen molar-refractivity contribution in [3.63, 3.8) is 0 Å². The van der Waals surface area contributed by atoms with Crippen molar-refractivity contribution in [1.29, 1.82) is 0 Å². The SMILES string of the molecule is CCS(=O)(=O)/C(=C(/c1ccccc1)[N+](=O)[O-])c1ccccc1. The Morgan fingerprint density at radius 1 is 0.955 bits per heavy atom. The van der Waals surface area contributed by atoms with Gasteiger partial charge in [0.15, 0.2) is 14.7 Å². The predicted molar refractivity (Wildman–Crippen MR) is 86.2 cm³/mol. The van der Waals surface area contributed by atoms with Gasteiger partial charge in [-0.25, -0.2) is 8.42 Å². The highest BCUT2D eigenvalue weighted by molar-refractivity contribution is 8.00. The molecule has 0 saturated carbocycles. The van der Waals surface area contributed by atoms with Crippen LogP contribution < -0.4 is 0 Å². The lowest BCUT2D eigenvalue weighted by Gasteiger charge is -2.09. The Morgan fingerprint density at radius 2 is 1.41 bits per heavy atom. The standard InChI is InChI=1S/C16H15NO4S/c1-2-22(20,21)16(14-11-7-4-8-12-14)15(17(18)19)13-9-5-3-6-10-13/h3-12H,2H2,1H3/b16-15-. The molecule has 0 amide bonds. The maximum Gasteiger partial charge on any atom is 0.295 e. The molecule has 2 aromatic rings. The fourth-order valence-electron chi connectivity index (χ4n) is 2.11. The van der Waals surface area contributed by atoms with E-state index >= 15 is 0 Å². The zero-order chi connectivity index (χ0) is 16.2. The van der Waals surface area contributed by atoms with Gasteiger partial charge in [0, 0.05) is 5.56 Å². The summed E-state index contributed by atoms with van der Waals surface area (Å²) in [5.41, 5.74) is 0.192. The summed E-state index contributed by atoms with van der Waals surface area (Å²) in [6.45, 7) is 1.47. The fraction of sp³-hybridized carbons (Fsp3) is 0.125. The molecule has 2 aromatic carbocycles. The minimum absolute atomic E-state index is 0.207. The first-order chi connectivity index (χ1) is 10.5. The summed E-state index contributed by atoms with van der Waals surface area (Å²) in [6.07, 6.45) is 0. The molecule has 114 valence electrons. The fourth-order valence-corrected chi connectivity index (χ4v) is 3.38. The number of nitro groups is 1. The van der Waals surface area contributed by atoms with E-state index in [1.165, 1.54) is 19.1 Å². The zero-order valence-electron chi connectivity index (χ0n) is 12.0. The van der Waals surface area contributed by atoms with E-state index in [4.69, 9.17) is 0 Å². The van der Waals surface area contributed by atoms with Crippen LogP contribution >= 0.6 is 0 Å². The molecule has 0 fully saturated rings. The van der Waals surface area contributed by atoms with Gasteiger partial charge in [-0.2, -0.15) is 0 Å². The van der Waals surface area contributed by atoms with Gasteiger partial charge in [-0.15, -0.1) is 0 Å². The van der Waals surface area contributed by atoms with Gasteiger partial charge < -0.3 is 0 Å². The Kier molecular flexibility index (Phi) is 4.72. The number of hydrogen-bond donors (Lipinski definition) is 0. The molecule has 0 unspecified atom stereocenters. The first-order valence-electron chi connectivity index (χ1n) is 6.69. The minimum Gasteiger partial charge on any atom is -0.258 e. The first-order valence-corrected chi connectivity index (χ1v) is 8.35. The van der Waals surface area contributed by atoms with Crippen LogP contribution in [0.15, 0.2) is 60.7 Å². The molecule has 0 N–H and O–H groups in total. The third-order valence-electron chi connectivity index (χ3n) is 3.17. The molecule has 0 aliphatic carbocycles. The molecule has 0 atom stereocenters. The zero-order valence-corrected chi connectivity index (χ0v) is 12.8. The van der Waals surface area contributed by atoms with Crippen LogP contribution in [0.5, 0.6) is 0 Å². The van der Waals surface area contributed by atoms with E-state index < -0.39 is 20.5 Å². The maximum atomic E-state index is 12.5. The number of nitrogens with zero attached hydrogens (tertiary/aromatic N) is 1. The van der Waals surface area contributed by atoms with E-state index in [0.29, 0.717) is 5.56 Å². The molecule has 0 aliphatic heterocycles. The van der Waals surface area contributed by atoms with Crippen molar-refractivity contribution in [2.24, 2.45) is 0 Å². The second kappa shape index (κ2) is 6.53. The molecule has 0 saturated heterocycles. The Bertz CT molecular complexity index is 797. The van der Waals surface area contributed by atoms with Crippen molar-refractivity contribution in [1.82, 2.24) is 0 Å². The molecule has 0 radical (unpaired) electrons. The number of rotatable bonds is 5. The van der Waals surface area contributed by atoms with Crippen LogP contribution in [0.1, 0.15) is 18.1 Å². The third kappa shape index (κ3) is 3.23. The molecule has 0 heterocycles. The average Bonchev–Trinajstić information content (AvgIpc) is 2.53. The third-order valence-corrected chi connectivity index (χ3v) is 4.98. The van der Waals surface area contributed by atoms with Crippen molar-refractivity contribution < 1.29 is 13.3 Å². The van der Waals surface area contributed by atoms with Crippen molar-refractivity contribution in [3.8, 4) is 0 Å². The quantitative estimate of drug-likeness (QED) is 0.482. The van der Waals surface area contributed by atoms with Gasteiger partial charge in [-0.1, -0.05) is 55.5 Å². The van der Waals surface area contributed by atoms with Crippen LogP contribution in [0, 0.1) is 10.1 Å². The molecule has 0 bridgehead atoms. The number of sulfone groups is 1. The normalized spacial score (nSPS) is 12.6. The molecular weight excluding hydrogens is 302 g/mol. The molecule has 22 heavy (non-hydrogen) atoms. The summed E-state index contributed by atoms with van der Waals surface area (Å²) in [7, 11) is -3.77. The molecule has 2 rings (SSSR count). The molecule has 0 aliphatic rings. The summed E-state index contributed by atoms with van der Waals surface area (Å²) >= 11 is 0. The van der Waals surface area contributed by atoms with E-state index in [9.17, 15) is 18.5 Å². The van der Waals surface area contributed by atoms with Crippen molar-refractivity contribution in [3.05, 3.63) is 81.9 Å². The number of hydrogen-bond acceptors (Lipinski definition) is 4. The monoisotopic (exact) mass is 317 g/mol. The van der Waals surface area contributed by atoms with E-state index in [-0.39, 0.29) is 16.2 Å². The summed E-state index contributed by atoms with van der Waals surface area (Å²) in [6, 6.07) is 16.2. The molecular formula is C16H15NO4S. The first kappa shape index (κ1) is 15.9. The van der Waals surface area contributed by atoms with Crippen LogP contribution in [-0.2, 0) is 9.84 Å². The van der Waals surface area contributed by atoms with Gasteiger partial charge in [0.25, 0.3) is 5.70 Å². The lowest BCUT2D eigenvalue weighted by Crippen LogP contribution is -2.12. The molecule has 6 heteroatoms. The largest absolute Gasteiger partial charge is 0.295 e. The highest BCUT2D eigenvalue weighted by Gasteiger charge is 2.31. The highest BCUT2D eigenvalue weighted by Crippen LogP contribution is 2.31. The summed E-state index contributed by atoms with van der Waals surface area (Å²) in [4.78, 5) is 10.7. The second-order valence-corrected chi connectivity index (χ2v) is 6.79. The van der Waals surface area contributed by atoms with E-state index in [2.05, 4.69) is 0 Å². The van der Waals surface area contributed by atoms with Gasteiger partial charge in [-0.3, -0.25) is 10.1 Å². The summed E-state index contributed by atoms with van der Waals surface area (Å²) in [5, 5.41) is 11.6. The Morgan fingerprint density at radius 3 is 1.82 bits per heavy atom. The van der Waals surface area contributed by atoms with Crippen molar-refractivity contribution in [2.75, 3.05) is 5.75 Å². The minimum atomic E-state index is -3.77. The second-order valence-electron chi connectivity index (χ2n) is 4.57. The van der Waals surface area contributed by atoms with Gasteiger partial charge >= 0.3 is 0 Å². The molecule has 5 nitrogen and oxygen atoms in total. The number of benzene rings is 2. The lowest BCUT2D eigenvalue weighted by molar-refractivity contribution is -0.374. The Labute approximate surface area is 129 Å². The van der Waals surface area contributed by atoms with E-state index in [1.807, 2.05) is 0 Å². The maximum absolute atomic E-state index is 12.5. The van der Waals surface area contributed by atoms with Gasteiger partial charge in [0.2, 0.25) is 0 Å². The van der Waals surface area contributed by atoms with Crippen molar-refractivity contribution >= 4 is 20.4 Å². The van der Waals surface area contributed by atoms with Crippen LogP contribution in [0.4, 0.5) is 0 Å². The van der Waals surface area contributed by atoms with Crippen molar-refractivity contribution in [2.45, 2.75) is 6.92 Å². The van der Waals surface area contributed by atoms with Gasteiger partial charge in [0.05, 0.1) is 16.2 Å². The molecule has 0 aromatic heterocycles. The topological polar surface area (TPSA) is 77.3 Å². The van der Waals surface area contributed by atoms with Crippen LogP contribution in [0.2, 0.25) is 0 Å². The van der Waals surface area contributed by atoms with Gasteiger partial charge in [-0.05, 0) is 12.1 Å². The van der Waals surface area contributed by atoms with Crippen LogP contribution in [-0.4, -0.2) is 19.1 Å². The van der Waals surface area contributed by atoms with E-state index in [1.54, 1.807) is 48.5 Å². The smallest absolute Gasteiger partial charge is 0.258 e. The highest BCUT2D eigenvalue weighted by atomic mass is 32.2. The van der Waals surface area contributed by atoms with Gasteiger partial charge in [0.1, 0.15) is 0 Å². The van der Waals surface area contributed by atoms with Crippen LogP contribution in [0.25, 0.3) is 10.6 Å². The van der Waals surface area contributed by atoms with E-state index in [0.717, 1.165) is 0 Å². The average molecular weight is 317 g/mol. The lowest BCUT2D eigenvalue weighted by atomic mass is 10.1. The summed E-state index contributed by atoms with van der Waals surface area (Å²) < 4.78 is 24.9.